The average molecular weight is 446 g/mol. The molecule has 4 aromatic rings. The van der Waals surface area contributed by atoms with Crippen LogP contribution in [0.25, 0.3) is 27.7 Å². The summed E-state index contributed by atoms with van der Waals surface area (Å²) in [6, 6.07) is 7.50. The minimum atomic E-state index is -4.51. The van der Waals surface area contributed by atoms with E-state index in [0.29, 0.717) is 21.8 Å². The van der Waals surface area contributed by atoms with Gasteiger partial charge in [0.1, 0.15) is 0 Å². The Bertz CT molecular complexity index is 1320. The standard InChI is InChI=1S/C21H14F4N4OS/c1-2-31-17-8-13(12-3-6-18(22)26-9-12)10-27-19(17)29-20(30)16-5-4-15(21(23,24)25)7-14(16)11-28-29/h3-11H,2H2,1H3. The highest BCUT2D eigenvalue weighted by atomic mass is 32.2. The lowest BCUT2D eigenvalue weighted by Gasteiger charge is -2.12. The Morgan fingerprint density at radius 3 is 2.45 bits per heavy atom. The third-order valence-corrected chi connectivity index (χ3v) is 5.41. The van der Waals surface area contributed by atoms with E-state index < -0.39 is 23.2 Å². The van der Waals surface area contributed by atoms with Crippen LogP contribution in [0.4, 0.5) is 17.6 Å². The van der Waals surface area contributed by atoms with E-state index in [1.54, 1.807) is 12.1 Å². The first kappa shape index (κ1) is 21.0. The number of hydrogen-bond donors (Lipinski definition) is 0. The van der Waals surface area contributed by atoms with E-state index in [4.69, 9.17) is 0 Å². The molecule has 5 nitrogen and oxygen atoms in total. The summed E-state index contributed by atoms with van der Waals surface area (Å²) in [6.07, 6.45) is -0.410. The van der Waals surface area contributed by atoms with E-state index in [0.717, 1.165) is 22.9 Å². The van der Waals surface area contributed by atoms with Crippen LogP contribution in [0.5, 0.6) is 0 Å². The number of nitrogens with zero attached hydrogens (tertiary/aromatic N) is 4. The Balaban J connectivity index is 1.83. The van der Waals surface area contributed by atoms with Crippen LogP contribution < -0.4 is 5.56 Å². The predicted molar refractivity (Wildman–Crippen MR) is 110 cm³/mol. The highest BCUT2D eigenvalue weighted by Crippen LogP contribution is 2.31. The van der Waals surface area contributed by atoms with Gasteiger partial charge in [0.05, 0.1) is 22.0 Å². The van der Waals surface area contributed by atoms with Crippen LogP contribution in [0.15, 0.2) is 64.7 Å². The number of aromatic nitrogens is 4. The van der Waals surface area contributed by atoms with Gasteiger partial charge in [-0.3, -0.25) is 4.79 Å². The van der Waals surface area contributed by atoms with E-state index in [1.807, 2.05) is 6.92 Å². The Kier molecular flexibility index (Phi) is 5.48. The number of hydrogen-bond acceptors (Lipinski definition) is 5. The van der Waals surface area contributed by atoms with Gasteiger partial charge in [0.25, 0.3) is 5.56 Å². The molecule has 0 spiro atoms. The summed E-state index contributed by atoms with van der Waals surface area (Å²) in [7, 11) is 0. The van der Waals surface area contributed by atoms with Gasteiger partial charge >= 0.3 is 6.18 Å². The van der Waals surface area contributed by atoms with Crippen LogP contribution in [0.1, 0.15) is 12.5 Å². The second-order valence-corrected chi connectivity index (χ2v) is 7.82. The second-order valence-electron chi connectivity index (χ2n) is 6.51. The zero-order chi connectivity index (χ0) is 22.2. The van der Waals surface area contributed by atoms with Gasteiger partial charge in [-0.25, -0.2) is 9.97 Å². The van der Waals surface area contributed by atoms with Crippen molar-refractivity contribution in [3.63, 3.8) is 0 Å². The molecule has 0 saturated carbocycles. The summed E-state index contributed by atoms with van der Waals surface area (Å²) in [6.45, 7) is 1.93. The fourth-order valence-electron chi connectivity index (χ4n) is 3.04. The van der Waals surface area contributed by atoms with Crippen molar-refractivity contribution >= 4 is 22.5 Å². The molecule has 0 fully saturated rings. The number of benzene rings is 1. The highest BCUT2D eigenvalue weighted by Gasteiger charge is 2.30. The number of fused-ring (bicyclic) bond motifs is 1. The molecule has 0 N–H and O–H groups in total. The molecule has 0 bridgehead atoms. The Labute approximate surface area is 177 Å². The maximum Gasteiger partial charge on any atom is 0.416 e. The van der Waals surface area contributed by atoms with E-state index in [1.165, 1.54) is 36.4 Å². The molecule has 0 unspecified atom stereocenters. The van der Waals surface area contributed by atoms with E-state index in [9.17, 15) is 22.4 Å². The zero-order valence-corrected chi connectivity index (χ0v) is 16.8. The first-order chi connectivity index (χ1) is 14.8. The van der Waals surface area contributed by atoms with Crippen molar-refractivity contribution in [3.8, 4) is 16.9 Å². The smallest absolute Gasteiger partial charge is 0.267 e. The molecule has 0 saturated heterocycles. The van der Waals surface area contributed by atoms with Gasteiger partial charge in [-0.2, -0.15) is 27.3 Å². The predicted octanol–water partition coefficient (Wildman–Crippen LogP) is 5.11. The van der Waals surface area contributed by atoms with Gasteiger partial charge in [-0.05, 0) is 42.2 Å². The van der Waals surface area contributed by atoms with Crippen molar-refractivity contribution in [2.45, 2.75) is 18.0 Å². The molecule has 10 heteroatoms. The molecule has 158 valence electrons. The summed E-state index contributed by atoms with van der Waals surface area (Å²) in [5, 5.41) is 4.25. The fourth-order valence-corrected chi connectivity index (χ4v) is 3.83. The largest absolute Gasteiger partial charge is 0.416 e. The van der Waals surface area contributed by atoms with Gasteiger partial charge in [0, 0.05) is 28.9 Å². The monoisotopic (exact) mass is 446 g/mol. The SMILES string of the molecule is CCSc1cc(-c2ccc(F)nc2)cnc1-n1ncc2cc(C(F)(F)F)ccc2c1=O. The molecule has 31 heavy (non-hydrogen) atoms. The topological polar surface area (TPSA) is 60.7 Å². The van der Waals surface area contributed by atoms with Crippen LogP contribution >= 0.6 is 11.8 Å². The van der Waals surface area contributed by atoms with Gasteiger partial charge in [-0.1, -0.05) is 6.92 Å². The molecule has 0 amide bonds. The van der Waals surface area contributed by atoms with Gasteiger partial charge in [0.15, 0.2) is 5.82 Å². The summed E-state index contributed by atoms with van der Waals surface area (Å²) < 4.78 is 53.0. The van der Waals surface area contributed by atoms with E-state index >= 15 is 0 Å². The molecule has 0 radical (unpaired) electrons. The lowest BCUT2D eigenvalue weighted by Crippen LogP contribution is -2.23. The molecular formula is C21H14F4N4OS. The van der Waals surface area contributed by atoms with Crippen LogP contribution in [-0.4, -0.2) is 25.5 Å². The van der Waals surface area contributed by atoms with Crippen LogP contribution in [-0.2, 0) is 6.18 Å². The lowest BCUT2D eigenvalue weighted by molar-refractivity contribution is -0.137. The van der Waals surface area contributed by atoms with Crippen molar-refractivity contribution < 1.29 is 17.6 Å². The third kappa shape index (κ3) is 4.15. The van der Waals surface area contributed by atoms with Crippen molar-refractivity contribution in [3.05, 3.63) is 76.9 Å². The van der Waals surface area contributed by atoms with Crippen LogP contribution in [0.2, 0.25) is 0 Å². The number of pyridine rings is 2. The minimum Gasteiger partial charge on any atom is -0.267 e. The lowest BCUT2D eigenvalue weighted by atomic mass is 10.1. The molecule has 0 atom stereocenters. The van der Waals surface area contributed by atoms with Gasteiger partial charge < -0.3 is 0 Å². The quantitative estimate of drug-likeness (QED) is 0.248. The zero-order valence-electron chi connectivity index (χ0n) is 16.0. The number of halogens is 4. The minimum absolute atomic E-state index is 0.0924. The van der Waals surface area contributed by atoms with Crippen molar-refractivity contribution in [2.24, 2.45) is 0 Å². The maximum atomic E-state index is 13.1. The molecular weight excluding hydrogens is 432 g/mol. The third-order valence-electron chi connectivity index (χ3n) is 4.51. The molecule has 3 aromatic heterocycles. The number of rotatable bonds is 4. The van der Waals surface area contributed by atoms with E-state index in [-0.39, 0.29) is 16.6 Å². The fraction of sp³-hybridized carbons (Fsp3) is 0.143. The summed E-state index contributed by atoms with van der Waals surface area (Å²) in [4.78, 5) is 21.6. The first-order valence-electron chi connectivity index (χ1n) is 9.12. The Morgan fingerprint density at radius 2 is 1.77 bits per heavy atom. The highest BCUT2D eigenvalue weighted by molar-refractivity contribution is 7.99. The first-order valence-corrected chi connectivity index (χ1v) is 10.1. The van der Waals surface area contributed by atoms with Crippen molar-refractivity contribution in [1.82, 2.24) is 19.7 Å². The van der Waals surface area contributed by atoms with Crippen molar-refractivity contribution in [1.29, 1.82) is 0 Å². The molecule has 4 rings (SSSR count). The van der Waals surface area contributed by atoms with E-state index in [2.05, 4.69) is 15.1 Å². The number of alkyl halides is 3. The maximum absolute atomic E-state index is 13.1. The van der Waals surface area contributed by atoms with Gasteiger partial charge in [-0.15, -0.1) is 11.8 Å². The van der Waals surface area contributed by atoms with Crippen LogP contribution in [0.3, 0.4) is 0 Å². The summed E-state index contributed by atoms with van der Waals surface area (Å²) in [5.74, 6) is 0.339. The second kappa shape index (κ2) is 8.10. The number of thioether (sulfide) groups is 1. The molecule has 0 aliphatic carbocycles. The summed E-state index contributed by atoms with van der Waals surface area (Å²) >= 11 is 1.42. The molecule has 3 heterocycles. The van der Waals surface area contributed by atoms with Crippen LogP contribution in [0, 0.1) is 5.95 Å². The summed E-state index contributed by atoms with van der Waals surface area (Å²) in [5.41, 5.74) is -0.0998. The van der Waals surface area contributed by atoms with Gasteiger partial charge in [0.2, 0.25) is 5.95 Å². The molecule has 0 aliphatic heterocycles. The average Bonchev–Trinajstić information content (AvgIpc) is 2.74. The Hall–Kier alpha value is -3.27. The van der Waals surface area contributed by atoms with Crippen molar-refractivity contribution in [2.75, 3.05) is 5.75 Å². The Morgan fingerprint density at radius 1 is 1.00 bits per heavy atom. The molecule has 0 aliphatic rings. The normalized spacial score (nSPS) is 11.8. The molecule has 1 aromatic carbocycles.